The van der Waals surface area contributed by atoms with Gasteiger partial charge in [0.05, 0.1) is 12.4 Å². The Hall–Kier alpha value is -2.99. The highest BCUT2D eigenvalue weighted by atomic mass is 16.4. The molecule has 0 spiro atoms. The molecular formula is C23H41N7O5. The van der Waals surface area contributed by atoms with Gasteiger partial charge in [-0.15, -0.1) is 0 Å². The van der Waals surface area contributed by atoms with Crippen molar-refractivity contribution < 1.29 is 24.3 Å². The van der Waals surface area contributed by atoms with Gasteiger partial charge in [0.2, 0.25) is 17.7 Å². The molecule has 198 valence electrons. The molecule has 1 heterocycles. The Balaban J connectivity index is 3.01. The van der Waals surface area contributed by atoms with Crippen LogP contribution in [0.5, 0.6) is 0 Å². The number of nitrogens with zero attached hydrogens (tertiary/aromatic N) is 1. The number of carbonyl (C=O) groups excluding carboxylic acids is 3. The number of aromatic nitrogens is 2. The van der Waals surface area contributed by atoms with Crippen LogP contribution >= 0.6 is 0 Å². The highest BCUT2D eigenvalue weighted by molar-refractivity contribution is 5.94. The zero-order valence-corrected chi connectivity index (χ0v) is 21.0. The Bertz CT molecular complexity index is 813. The van der Waals surface area contributed by atoms with Gasteiger partial charge in [0.15, 0.2) is 0 Å². The van der Waals surface area contributed by atoms with E-state index in [0.717, 1.165) is 6.42 Å². The Morgan fingerprint density at radius 3 is 2.14 bits per heavy atom. The quantitative estimate of drug-likeness (QED) is 0.150. The van der Waals surface area contributed by atoms with Crippen LogP contribution in [-0.4, -0.2) is 69.5 Å². The molecule has 12 nitrogen and oxygen atoms in total. The molecule has 3 amide bonds. The van der Waals surface area contributed by atoms with Gasteiger partial charge in [-0.1, -0.05) is 34.1 Å². The van der Waals surface area contributed by atoms with Crippen molar-refractivity contribution >= 4 is 23.7 Å². The van der Waals surface area contributed by atoms with Crippen LogP contribution in [0.15, 0.2) is 12.5 Å². The van der Waals surface area contributed by atoms with E-state index in [1.807, 2.05) is 13.8 Å². The molecule has 0 saturated carbocycles. The number of nitrogens with two attached hydrogens (primary N) is 2. The summed E-state index contributed by atoms with van der Waals surface area (Å²) in [5.74, 6) is -3.14. The number of rotatable bonds is 16. The molecule has 12 heteroatoms. The van der Waals surface area contributed by atoms with Crippen LogP contribution < -0.4 is 27.4 Å². The minimum absolute atomic E-state index is 0.0585. The average molecular weight is 496 g/mol. The van der Waals surface area contributed by atoms with Crippen LogP contribution in [0, 0.1) is 11.8 Å². The summed E-state index contributed by atoms with van der Waals surface area (Å²) in [6.45, 7) is 7.66. The van der Waals surface area contributed by atoms with E-state index in [1.165, 1.54) is 12.5 Å². The molecule has 9 N–H and O–H groups in total. The normalized spacial score (nSPS) is 14.7. The number of nitrogens with one attached hydrogen (secondary N) is 4. The number of carboxylic acids is 1. The third kappa shape index (κ3) is 10.9. The van der Waals surface area contributed by atoms with Gasteiger partial charge < -0.3 is 37.5 Å². The maximum absolute atomic E-state index is 13.2. The number of aliphatic carboxylic acids is 1. The number of amides is 3. The second-order valence-corrected chi connectivity index (χ2v) is 9.49. The number of H-pyrrole nitrogens is 1. The maximum atomic E-state index is 13.2. The van der Waals surface area contributed by atoms with Crippen molar-refractivity contribution in [2.75, 3.05) is 6.54 Å². The molecule has 35 heavy (non-hydrogen) atoms. The molecule has 0 radical (unpaired) electrons. The number of aromatic amines is 1. The molecule has 0 aliphatic rings. The van der Waals surface area contributed by atoms with Crippen molar-refractivity contribution in [1.82, 2.24) is 25.9 Å². The highest BCUT2D eigenvalue weighted by Gasteiger charge is 2.32. The van der Waals surface area contributed by atoms with E-state index < -0.39 is 47.9 Å². The van der Waals surface area contributed by atoms with Crippen molar-refractivity contribution in [2.24, 2.45) is 23.3 Å². The number of carboxylic acid groups (broad SMARTS) is 1. The molecule has 0 bridgehead atoms. The van der Waals surface area contributed by atoms with Gasteiger partial charge in [0.25, 0.3) is 0 Å². The van der Waals surface area contributed by atoms with Gasteiger partial charge in [-0.25, -0.2) is 9.78 Å². The number of imidazole rings is 1. The molecule has 0 aliphatic carbocycles. The third-order valence-electron chi connectivity index (χ3n) is 5.49. The summed E-state index contributed by atoms with van der Waals surface area (Å²) >= 11 is 0. The predicted octanol–water partition coefficient (Wildman–Crippen LogP) is -0.350. The summed E-state index contributed by atoms with van der Waals surface area (Å²) in [6, 6.07) is -3.91. The van der Waals surface area contributed by atoms with Crippen molar-refractivity contribution in [3.8, 4) is 0 Å². The summed E-state index contributed by atoms with van der Waals surface area (Å²) in [5, 5.41) is 17.3. The van der Waals surface area contributed by atoms with Gasteiger partial charge >= 0.3 is 5.97 Å². The first-order valence-electron chi connectivity index (χ1n) is 12.0. The maximum Gasteiger partial charge on any atom is 0.326 e. The predicted molar refractivity (Wildman–Crippen MR) is 131 cm³/mol. The number of carbonyl (C=O) groups is 4. The van der Waals surface area contributed by atoms with Gasteiger partial charge in [-0.2, -0.15) is 0 Å². The third-order valence-corrected chi connectivity index (χ3v) is 5.49. The lowest BCUT2D eigenvalue weighted by Crippen LogP contribution is -2.58. The lowest BCUT2D eigenvalue weighted by molar-refractivity contribution is -0.143. The molecule has 4 unspecified atom stereocenters. The zero-order chi connectivity index (χ0) is 26.5. The Kier molecular flexibility index (Phi) is 13.0. The average Bonchev–Trinajstić information content (AvgIpc) is 3.28. The molecule has 0 fully saturated rings. The van der Waals surface area contributed by atoms with Crippen LogP contribution in [0.3, 0.4) is 0 Å². The van der Waals surface area contributed by atoms with Crippen molar-refractivity contribution in [3.05, 3.63) is 18.2 Å². The van der Waals surface area contributed by atoms with Gasteiger partial charge in [-0.3, -0.25) is 14.4 Å². The van der Waals surface area contributed by atoms with Gasteiger partial charge in [0, 0.05) is 18.3 Å². The van der Waals surface area contributed by atoms with Crippen molar-refractivity contribution in [1.29, 1.82) is 0 Å². The molecule has 4 atom stereocenters. The SMILES string of the molecule is CC(C)CC(NC(=O)C(N)CCCCN)C(=O)NC(Cc1cnc[nH]1)C(=O)NC(C(=O)O)C(C)C. The minimum atomic E-state index is -1.17. The first-order valence-corrected chi connectivity index (χ1v) is 12.0. The van der Waals surface area contributed by atoms with Crippen molar-refractivity contribution in [2.45, 2.75) is 84.0 Å². The highest BCUT2D eigenvalue weighted by Crippen LogP contribution is 2.09. The molecular weight excluding hydrogens is 454 g/mol. The lowest BCUT2D eigenvalue weighted by Gasteiger charge is -2.26. The van der Waals surface area contributed by atoms with Gasteiger partial charge in [0.1, 0.15) is 18.1 Å². The van der Waals surface area contributed by atoms with Crippen LogP contribution in [0.25, 0.3) is 0 Å². The number of hydrogen-bond donors (Lipinski definition) is 7. The molecule has 0 aliphatic heterocycles. The Morgan fingerprint density at radius 2 is 1.63 bits per heavy atom. The fourth-order valence-corrected chi connectivity index (χ4v) is 3.49. The fraction of sp³-hybridized carbons (Fsp3) is 0.696. The largest absolute Gasteiger partial charge is 0.480 e. The summed E-state index contributed by atoms with van der Waals surface area (Å²) in [7, 11) is 0. The zero-order valence-electron chi connectivity index (χ0n) is 21.0. The van der Waals surface area contributed by atoms with E-state index in [-0.39, 0.29) is 18.3 Å². The molecule has 1 rings (SSSR count). The van der Waals surface area contributed by atoms with E-state index in [9.17, 15) is 24.3 Å². The second-order valence-electron chi connectivity index (χ2n) is 9.49. The molecule has 0 saturated heterocycles. The smallest absolute Gasteiger partial charge is 0.326 e. The molecule has 0 aromatic carbocycles. The van der Waals surface area contributed by atoms with Crippen molar-refractivity contribution in [3.63, 3.8) is 0 Å². The number of unbranched alkanes of at least 4 members (excludes halogenated alkanes) is 1. The topological polar surface area (TPSA) is 205 Å². The second kappa shape index (κ2) is 15.1. The Labute approximate surface area is 206 Å². The van der Waals surface area contributed by atoms with E-state index in [2.05, 4.69) is 25.9 Å². The lowest BCUT2D eigenvalue weighted by atomic mass is 10.0. The summed E-state index contributed by atoms with van der Waals surface area (Å²) < 4.78 is 0. The molecule has 1 aromatic heterocycles. The van der Waals surface area contributed by atoms with Crippen LogP contribution in [0.2, 0.25) is 0 Å². The monoisotopic (exact) mass is 495 g/mol. The fourth-order valence-electron chi connectivity index (χ4n) is 3.49. The first-order chi connectivity index (χ1) is 16.5. The van der Waals surface area contributed by atoms with Crippen LogP contribution in [0.4, 0.5) is 0 Å². The van der Waals surface area contributed by atoms with E-state index in [1.54, 1.807) is 13.8 Å². The van der Waals surface area contributed by atoms with E-state index in [4.69, 9.17) is 11.5 Å². The van der Waals surface area contributed by atoms with E-state index in [0.29, 0.717) is 31.5 Å². The standard InChI is InChI=1S/C23H41N7O5/c1-13(2)9-17(28-20(31)16(25)7-5-6-8-24)21(32)29-18(10-15-11-26-12-27-15)22(33)30-19(14(3)4)23(34)35/h11-14,16-19H,5-10,24-25H2,1-4H3,(H,26,27)(H,28,31)(H,29,32)(H,30,33)(H,34,35). The summed E-state index contributed by atoms with van der Waals surface area (Å²) in [6.07, 6.45) is 5.22. The Morgan fingerprint density at radius 1 is 1.00 bits per heavy atom. The minimum Gasteiger partial charge on any atom is -0.480 e. The van der Waals surface area contributed by atoms with E-state index >= 15 is 0 Å². The molecule has 1 aromatic rings. The first kappa shape index (κ1) is 30.0. The van der Waals surface area contributed by atoms with Crippen LogP contribution in [0.1, 0.15) is 59.1 Å². The summed E-state index contributed by atoms with van der Waals surface area (Å²) in [5.41, 5.74) is 12.0. The van der Waals surface area contributed by atoms with Gasteiger partial charge in [-0.05, 0) is 37.6 Å². The number of hydrogen-bond acceptors (Lipinski definition) is 7. The van der Waals surface area contributed by atoms with Crippen LogP contribution in [-0.2, 0) is 25.6 Å². The summed E-state index contributed by atoms with van der Waals surface area (Å²) in [4.78, 5) is 57.2.